The van der Waals surface area contributed by atoms with Crippen molar-refractivity contribution >= 4 is 5.82 Å². The van der Waals surface area contributed by atoms with E-state index in [9.17, 15) is 0 Å². The van der Waals surface area contributed by atoms with Gasteiger partial charge in [-0.25, -0.2) is 0 Å². The van der Waals surface area contributed by atoms with E-state index in [0.717, 1.165) is 23.8 Å². The molecule has 2 unspecified atom stereocenters. The van der Waals surface area contributed by atoms with Gasteiger partial charge < -0.3 is 10.6 Å². The highest BCUT2D eigenvalue weighted by molar-refractivity contribution is 5.47. The van der Waals surface area contributed by atoms with Crippen LogP contribution in [0.2, 0.25) is 0 Å². The first-order valence-electron chi connectivity index (χ1n) is 5.49. The summed E-state index contributed by atoms with van der Waals surface area (Å²) in [7, 11) is 0. The summed E-state index contributed by atoms with van der Waals surface area (Å²) in [6, 6.07) is 2.50. The third-order valence-electron chi connectivity index (χ3n) is 3.06. The summed E-state index contributed by atoms with van der Waals surface area (Å²) >= 11 is 0. The third-order valence-corrected chi connectivity index (χ3v) is 3.06. The van der Waals surface area contributed by atoms with Crippen molar-refractivity contribution in [2.45, 2.75) is 32.9 Å². The van der Waals surface area contributed by atoms with Gasteiger partial charge in [-0.15, -0.1) is 5.10 Å². The highest BCUT2D eigenvalue weighted by atomic mass is 15.3. The number of nitrogens with two attached hydrogens (primary N) is 1. The fraction of sp³-hybridized carbons (Fsp3) is 0.636. The first kappa shape index (κ1) is 10.4. The molecule has 0 radical (unpaired) electrons. The predicted octanol–water partition coefficient (Wildman–Crippen LogP) is 1.17. The van der Waals surface area contributed by atoms with Crippen LogP contribution in [0.4, 0.5) is 5.82 Å². The normalized spacial score (nSPS) is 25.9. The zero-order valence-electron chi connectivity index (χ0n) is 9.35. The molecule has 4 nitrogen and oxygen atoms in total. The van der Waals surface area contributed by atoms with Crippen molar-refractivity contribution in [1.82, 2.24) is 10.2 Å². The van der Waals surface area contributed by atoms with Crippen LogP contribution < -0.4 is 10.6 Å². The Balaban J connectivity index is 2.29. The maximum absolute atomic E-state index is 5.70. The van der Waals surface area contributed by atoms with Gasteiger partial charge in [-0.2, -0.15) is 5.10 Å². The van der Waals surface area contributed by atoms with Crippen LogP contribution in [0.1, 0.15) is 25.8 Å². The average molecular weight is 206 g/mol. The summed E-state index contributed by atoms with van der Waals surface area (Å²) in [5, 5.41) is 8.16. The molecule has 1 aromatic rings. The van der Waals surface area contributed by atoms with E-state index in [1.165, 1.54) is 6.42 Å². The van der Waals surface area contributed by atoms with Gasteiger partial charge in [0.2, 0.25) is 0 Å². The minimum atomic E-state index is 0.530. The van der Waals surface area contributed by atoms with Crippen molar-refractivity contribution in [2.24, 2.45) is 11.7 Å². The summed E-state index contributed by atoms with van der Waals surface area (Å²) in [6.45, 7) is 6.10. The lowest BCUT2D eigenvalue weighted by Gasteiger charge is -2.23. The Morgan fingerprint density at radius 1 is 1.53 bits per heavy atom. The van der Waals surface area contributed by atoms with Crippen LogP contribution in [0, 0.1) is 5.92 Å². The molecule has 82 valence electrons. The molecule has 0 aliphatic carbocycles. The van der Waals surface area contributed by atoms with Gasteiger partial charge in [-0.3, -0.25) is 0 Å². The maximum Gasteiger partial charge on any atom is 0.156 e. The summed E-state index contributed by atoms with van der Waals surface area (Å²) < 4.78 is 0. The molecule has 1 aliphatic rings. The summed E-state index contributed by atoms with van der Waals surface area (Å²) in [5.41, 5.74) is 6.79. The molecule has 0 amide bonds. The van der Waals surface area contributed by atoms with Crippen molar-refractivity contribution in [3.8, 4) is 0 Å². The van der Waals surface area contributed by atoms with Crippen molar-refractivity contribution in [1.29, 1.82) is 0 Å². The van der Waals surface area contributed by atoms with Crippen molar-refractivity contribution < 1.29 is 0 Å². The first-order valence-corrected chi connectivity index (χ1v) is 5.49. The predicted molar refractivity (Wildman–Crippen MR) is 60.5 cm³/mol. The minimum absolute atomic E-state index is 0.530. The van der Waals surface area contributed by atoms with Gasteiger partial charge in [0.15, 0.2) is 5.82 Å². The number of hydrogen-bond acceptors (Lipinski definition) is 4. The van der Waals surface area contributed by atoms with Crippen molar-refractivity contribution in [2.75, 3.05) is 11.4 Å². The average Bonchev–Trinajstić information content (AvgIpc) is 2.57. The molecule has 15 heavy (non-hydrogen) atoms. The number of rotatable bonds is 2. The first-order chi connectivity index (χ1) is 7.22. The second-order valence-corrected chi connectivity index (χ2v) is 4.43. The second kappa shape index (κ2) is 4.14. The van der Waals surface area contributed by atoms with Crippen molar-refractivity contribution in [3.05, 3.63) is 17.8 Å². The molecule has 2 heterocycles. The van der Waals surface area contributed by atoms with Gasteiger partial charge in [0.25, 0.3) is 0 Å². The molecule has 2 N–H and O–H groups in total. The van der Waals surface area contributed by atoms with Crippen LogP contribution >= 0.6 is 0 Å². The van der Waals surface area contributed by atoms with E-state index in [1.54, 1.807) is 6.20 Å². The van der Waals surface area contributed by atoms with Crippen LogP contribution in [0.5, 0.6) is 0 Å². The summed E-state index contributed by atoms with van der Waals surface area (Å²) in [4.78, 5) is 2.32. The van der Waals surface area contributed by atoms with Gasteiger partial charge in [-0.05, 0) is 25.3 Å². The lowest BCUT2D eigenvalue weighted by Crippen LogP contribution is -2.29. The lowest BCUT2D eigenvalue weighted by atomic mass is 10.1. The fourth-order valence-electron chi connectivity index (χ4n) is 2.35. The number of hydrogen-bond donors (Lipinski definition) is 1. The van der Waals surface area contributed by atoms with Gasteiger partial charge in [0.05, 0.1) is 6.20 Å². The Kier molecular flexibility index (Phi) is 2.86. The van der Waals surface area contributed by atoms with E-state index < -0.39 is 0 Å². The lowest BCUT2D eigenvalue weighted by molar-refractivity contribution is 0.625. The molecule has 2 rings (SSSR count). The monoisotopic (exact) mass is 206 g/mol. The largest absolute Gasteiger partial charge is 0.352 e. The molecule has 1 aliphatic heterocycles. The summed E-state index contributed by atoms with van der Waals surface area (Å²) in [6.07, 6.45) is 2.93. The van der Waals surface area contributed by atoms with Crippen LogP contribution in [-0.4, -0.2) is 22.8 Å². The fourth-order valence-corrected chi connectivity index (χ4v) is 2.35. The second-order valence-electron chi connectivity index (χ2n) is 4.43. The van der Waals surface area contributed by atoms with E-state index in [4.69, 9.17) is 5.73 Å². The number of nitrogens with zero attached hydrogens (tertiary/aromatic N) is 3. The molecule has 1 fully saturated rings. The van der Waals surface area contributed by atoms with Crippen LogP contribution in [0.25, 0.3) is 0 Å². The molecule has 1 aromatic heterocycles. The molecule has 4 heteroatoms. The van der Waals surface area contributed by atoms with Gasteiger partial charge in [0.1, 0.15) is 0 Å². The zero-order valence-corrected chi connectivity index (χ0v) is 9.35. The molecule has 2 atom stereocenters. The van der Waals surface area contributed by atoms with Gasteiger partial charge in [0, 0.05) is 24.7 Å². The molecule has 0 saturated carbocycles. The molecule has 0 aromatic carbocycles. The van der Waals surface area contributed by atoms with E-state index in [2.05, 4.69) is 28.9 Å². The standard InChI is InChI=1S/C11H18N4/c1-8-5-9(2)15(7-8)11-10(6-12)3-4-13-14-11/h3-4,8-9H,5-7,12H2,1-2H3. The Bertz CT molecular complexity index is 339. The Hall–Kier alpha value is -1.16. The SMILES string of the molecule is CC1CC(C)N(c2nnccc2CN)C1. The topological polar surface area (TPSA) is 55.0 Å². The van der Waals surface area contributed by atoms with E-state index in [1.807, 2.05) is 6.07 Å². The van der Waals surface area contributed by atoms with Gasteiger partial charge >= 0.3 is 0 Å². The van der Waals surface area contributed by atoms with E-state index in [0.29, 0.717) is 12.6 Å². The minimum Gasteiger partial charge on any atom is -0.352 e. The van der Waals surface area contributed by atoms with Crippen LogP contribution in [0.15, 0.2) is 12.3 Å². The van der Waals surface area contributed by atoms with Crippen molar-refractivity contribution in [3.63, 3.8) is 0 Å². The third kappa shape index (κ3) is 1.95. The van der Waals surface area contributed by atoms with Gasteiger partial charge in [-0.1, -0.05) is 6.92 Å². The van der Waals surface area contributed by atoms with E-state index >= 15 is 0 Å². The molecule has 0 bridgehead atoms. The molecule has 0 spiro atoms. The van der Waals surface area contributed by atoms with Crippen LogP contribution in [-0.2, 0) is 6.54 Å². The van der Waals surface area contributed by atoms with Crippen LogP contribution in [0.3, 0.4) is 0 Å². The molecular formula is C11H18N4. The highest BCUT2D eigenvalue weighted by Gasteiger charge is 2.28. The highest BCUT2D eigenvalue weighted by Crippen LogP contribution is 2.28. The number of anilines is 1. The zero-order chi connectivity index (χ0) is 10.8. The summed E-state index contributed by atoms with van der Waals surface area (Å²) in [5.74, 6) is 1.70. The quantitative estimate of drug-likeness (QED) is 0.789. The smallest absolute Gasteiger partial charge is 0.156 e. The number of aromatic nitrogens is 2. The molecule has 1 saturated heterocycles. The Labute approximate surface area is 90.5 Å². The molecular weight excluding hydrogens is 188 g/mol. The maximum atomic E-state index is 5.70. The Morgan fingerprint density at radius 2 is 2.33 bits per heavy atom. The van der Waals surface area contributed by atoms with E-state index in [-0.39, 0.29) is 0 Å². The Morgan fingerprint density at radius 3 is 2.93 bits per heavy atom.